The van der Waals surface area contributed by atoms with Crippen LogP contribution in [-0.2, 0) is 9.53 Å². The number of rotatable bonds is 4. The number of benzene rings is 2. The fourth-order valence-electron chi connectivity index (χ4n) is 3.23. The van der Waals surface area contributed by atoms with E-state index in [9.17, 15) is 4.79 Å². The molecule has 1 saturated heterocycles. The highest BCUT2D eigenvalue weighted by atomic mass is 32.1. The Bertz CT molecular complexity index is 946. The number of thiazole rings is 1. The molecule has 0 bridgehead atoms. The van der Waals surface area contributed by atoms with Gasteiger partial charge in [0.25, 0.3) is 0 Å². The predicted molar refractivity (Wildman–Crippen MR) is 110 cm³/mol. The number of fused-ring (bicyclic) bond motifs is 1. The van der Waals surface area contributed by atoms with Crippen molar-refractivity contribution in [1.29, 1.82) is 0 Å². The van der Waals surface area contributed by atoms with Gasteiger partial charge in [-0.1, -0.05) is 6.07 Å². The summed E-state index contributed by atoms with van der Waals surface area (Å²) in [7, 11) is 0. The van der Waals surface area contributed by atoms with Gasteiger partial charge in [0.05, 0.1) is 29.5 Å². The highest BCUT2D eigenvalue weighted by molar-refractivity contribution is 7.21. The molecule has 27 heavy (non-hydrogen) atoms. The summed E-state index contributed by atoms with van der Waals surface area (Å²) in [6.45, 7) is 7.00. The van der Waals surface area contributed by atoms with E-state index < -0.39 is 0 Å². The minimum Gasteiger partial charge on any atom is -0.379 e. The maximum absolute atomic E-state index is 12.5. The second-order valence-corrected chi connectivity index (χ2v) is 7.91. The van der Waals surface area contributed by atoms with Gasteiger partial charge in [0.15, 0.2) is 0 Å². The minimum absolute atomic E-state index is 0.0140. The molecule has 1 aromatic heterocycles. The van der Waals surface area contributed by atoms with E-state index in [0.717, 1.165) is 34.9 Å². The molecule has 1 N–H and O–H groups in total. The molecule has 1 aliphatic rings. The molecular formula is C21H23N3O2S. The number of morpholine rings is 1. The third-order valence-corrected chi connectivity index (χ3v) is 5.98. The molecular weight excluding hydrogens is 358 g/mol. The average molecular weight is 382 g/mol. The van der Waals surface area contributed by atoms with Crippen molar-refractivity contribution in [3.8, 4) is 10.6 Å². The van der Waals surface area contributed by atoms with Gasteiger partial charge in [0.1, 0.15) is 5.01 Å². The molecule has 5 nitrogen and oxygen atoms in total. The number of hydrogen-bond acceptors (Lipinski definition) is 5. The number of nitrogens with zero attached hydrogens (tertiary/aromatic N) is 2. The SMILES string of the molecule is Cc1ccc2nc(-c3ccc(NC(=O)[C@@H](C)N4CCOCC4)cc3)sc2c1. The second-order valence-electron chi connectivity index (χ2n) is 6.88. The van der Waals surface area contributed by atoms with E-state index in [-0.39, 0.29) is 11.9 Å². The molecule has 140 valence electrons. The van der Waals surface area contributed by atoms with Gasteiger partial charge in [-0.25, -0.2) is 4.98 Å². The Balaban J connectivity index is 1.45. The van der Waals surface area contributed by atoms with E-state index in [4.69, 9.17) is 9.72 Å². The standard InChI is InChI=1S/C21H23N3O2S/c1-14-3-8-18-19(13-14)27-21(23-18)16-4-6-17(7-5-16)22-20(25)15(2)24-9-11-26-12-10-24/h3-8,13,15H,9-12H2,1-2H3,(H,22,25)/t15-/m1/s1. The van der Waals surface area contributed by atoms with Gasteiger partial charge in [-0.2, -0.15) is 0 Å². The molecule has 3 aromatic rings. The molecule has 0 radical (unpaired) electrons. The summed E-state index contributed by atoms with van der Waals surface area (Å²) in [5.74, 6) is 0.0140. The number of aromatic nitrogens is 1. The molecule has 1 fully saturated rings. The lowest BCUT2D eigenvalue weighted by atomic mass is 10.2. The molecule has 1 amide bonds. The number of amides is 1. The Morgan fingerprint density at radius 2 is 1.93 bits per heavy atom. The lowest BCUT2D eigenvalue weighted by molar-refractivity contribution is -0.122. The molecule has 0 aliphatic carbocycles. The molecule has 2 heterocycles. The van der Waals surface area contributed by atoms with Gasteiger partial charge in [0, 0.05) is 24.3 Å². The summed E-state index contributed by atoms with van der Waals surface area (Å²) in [6, 6.07) is 14.1. The molecule has 1 atom stereocenters. The Morgan fingerprint density at radius 1 is 1.19 bits per heavy atom. The third-order valence-electron chi connectivity index (χ3n) is 4.92. The molecule has 0 unspecified atom stereocenters. The van der Waals surface area contributed by atoms with E-state index in [2.05, 4.69) is 35.3 Å². The van der Waals surface area contributed by atoms with Crippen molar-refractivity contribution in [2.45, 2.75) is 19.9 Å². The number of aryl methyl sites for hydroxylation is 1. The Kier molecular flexibility index (Phi) is 5.20. The van der Waals surface area contributed by atoms with Gasteiger partial charge in [-0.05, 0) is 55.8 Å². The highest BCUT2D eigenvalue weighted by Gasteiger charge is 2.23. The Morgan fingerprint density at radius 3 is 2.67 bits per heavy atom. The summed E-state index contributed by atoms with van der Waals surface area (Å²) in [5, 5.41) is 4.01. The van der Waals surface area contributed by atoms with Crippen molar-refractivity contribution in [1.82, 2.24) is 9.88 Å². The first-order valence-electron chi connectivity index (χ1n) is 9.20. The Hall–Kier alpha value is -2.28. The van der Waals surface area contributed by atoms with E-state index in [1.807, 2.05) is 31.2 Å². The minimum atomic E-state index is -0.166. The van der Waals surface area contributed by atoms with Crippen LogP contribution < -0.4 is 5.32 Å². The van der Waals surface area contributed by atoms with Crippen LogP contribution in [0, 0.1) is 6.92 Å². The molecule has 1 aliphatic heterocycles. The number of anilines is 1. The van der Waals surface area contributed by atoms with E-state index in [1.54, 1.807) is 11.3 Å². The average Bonchev–Trinajstić information content (AvgIpc) is 3.11. The monoisotopic (exact) mass is 381 g/mol. The maximum Gasteiger partial charge on any atom is 0.241 e. The van der Waals surface area contributed by atoms with Crippen LogP contribution in [0.2, 0.25) is 0 Å². The highest BCUT2D eigenvalue weighted by Crippen LogP contribution is 2.31. The van der Waals surface area contributed by atoms with E-state index in [1.165, 1.54) is 10.3 Å². The van der Waals surface area contributed by atoms with Crippen LogP contribution in [-0.4, -0.2) is 48.1 Å². The number of nitrogens with one attached hydrogen (secondary N) is 1. The van der Waals surface area contributed by atoms with Crippen LogP contribution in [0.25, 0.3) is 20.8 Å². The van der Waals surface area contributed by atoms with Crippen molar-refractivity contribution in [2.75, 3.05) is 31.6 Å². The normalized spacial score (nSPS) is 16.4. The zero-order valence-electron chi connectivity index (χ0n) is 15.6. The van der Waals surface area contributed by atoms with E-state index in [0.29, 0.717) is 13.2 Å². The molecule has 0 spiro atoms. The smallest absolute Gasteiger partial charge is 0.241 e. The number of carbonyl (C=O) groups excluding carboxylic acids is 1. The maximum atomic E-state index is 12.5. The van der Waals surface area contributed by atoms with Crippen molar-refractivity contribution in [3.05, 3.63) is 48.0 Å². The Labute approximate surface area is 163 Å². The van der Waals surface area contributed by atoms with Gasteiger partial charge >= 0.3 is 0 Å². The fraction of sp³-hybridized carbons (Fsp3) is 0.333. The van der Waals surface area contributed by atoms with Crippen molar-refractivity contribution < 1.29 is 9.53 Å². The van der Waals surface area contributed by atoms with Crippen LogP contribution in [0.4, 0.5) is 5.69 Å². The topological polar surface area (TPSA) is 54.5 Å². The number of hydrogen-bond donors (Lipinski definition) is 1. The quantitative estimate of drug-likeness (QED) is 0.744. The van der Waals surface area contributed by atoms with Crippen molar-refractivity contribution >= 4 is 33.1 Å². The molecule has 6 heteroatoms. The summed E-state index contributed by atoms with van der Waals surface area (Å²) in [5.41, 5.74) is 4.14. The number of ether oxygens (including phenoxy) is 1. The van der Waals surface area contributed by atoms with Crippen LogP contribution in [0.5, 0.6) is 0 Å². The molecule has 0 saturated carbocycles. The summed E-state index contributed by atoms with van der Waals surface area (Å²) >= 11 is 1.69. The third kappa shape index (κ3) is 4.03. The van der Waals surface area contributed by atoms with Gasteiger partial charge < -0.3 is 10.1 Å². The largest absolute Gasteiger partial charge is 0.379 e. The first kappa shape index (κ1) is 18.1. The first-order chi connectivity index (χ1) is 13.1. The van der Waals surface area contributed by atoms with Crippen LogP contribution in [0.3, 0.4) is 0 Å². The summed E-state index contributed by atoms with van der Waals surface area (Å²) < 4.78 is 6.55. The van der Waals surface area contributed by atoms with Crippen LogP contribution >= 0.6 is 11.3 Å². The van der Waals surface area contributed by atoms with Gasteiger partial charge in [0.2, 0.25) is 5.91 Å². The van der Waals surface area contributed by atoms with Gasteiger partial charge in [-0.15, -0.1) is 11.3 Å². The molecule has 4 rings (SSSR count). The van der Waals surface area contributed by atoms with Crippen LogP contribution in [0.1, 0.15) is 12.5 Å². The fourth-order valence-corrected chi connectivity index (χ4v) is 4.30. The lowest BCUT2D eigenvalue weighted by Crippen LogP contribution is -2.47. The first-order valence-corrected chi connectivity index (χ1v) is 10.0. The predicted octanol–water partition coefficient (Wildman–Crippen LogP) is 3.93. The molecule has 2 aromatic carbocycles. The zero-order valence-corrected chi connectivity index (χ0v) is 16.4. The van der Waals surface area contributed by atoms with Crippen LogP contribution in [0.15, 0.2) is 42.5 Å². The zero-order chi connectivity index (χ0) is 18.8. The lowest BCUT2D eigenvalue weighted by Gasteiger charge is -2.31. The van der Waals surface area contributed by atoms with E-state index >= 15 is 0 Å². The van der Waals surface area contributed by atoms with Crippen molar-refractivity contribution in [2.24, 2.45) is 0 Å². The number of carbonyl (C=O) groups is 1. The summed E-state index contributed by atoms with van der Waals surface area (Å²) in [4.78, 5) is 19.4. The second kappa shape index (κ2) is 7.76. The van der Waals surface area contributed by atoms with Crippen molar-refractivity contribution in [3.63, 3.8) is 0 Å². The van der Waals surface area contributed by atoms with Gasteiger partial charge in [-0.3, -0.25) is 9.69 Å². The summed E-state index contributed by atoms with van der Waals surface area (Å²) in [6.07, 6.45) is 0.